The van der Waals surface area contributed by atoms with E-state index in [0.717, 1.165) is 32.7 Å². The third-order valence-corrected chi connectivity index (χ3v) is 5.36. The summed E-state index contributed by atoms with van der Waals surface area (Å²) in [5.41, 5.74) is 5.45. The molecule has 0 spiro atoms. The molecule has 2 aromatic carbocycles. The van der Waals surface area contributed by atoms with E-state index >= 15 is 0 Å². The van der Waals surface area contributed by atoms with Crippen LogP contribution in [-0.2, 0) is 17.1 Å². The van der Waals surface area contributed by atoms with Gasteiger partial charge < -0.3 is 9.47 Å². The van der Waals surface area contributed by atoms with E-state index in [1.807, 2.05) is 12.1 Å². The van der Waals surface area contributed by atoms with Crippen molar-refractivity contribution in [3.63, 3.8) is 0 Å². The van der Waals surface area contributed by atoms with Crippen LogP contribution >= 0.6 is 23.4 Å². The minimum Gasteiger partial charge on any atom is -0.497 e. The van der Waals surface area contributed by atoms with Gasteiger partial charge >= 0.3 is 0 Å². The predicted molar refractivity (Wildman–Crippen MR) is 112 cm³/mol. The first-order valence-electron chi connectivity index (χ1n) is 8.27. The number of aromatic nitrogens is 2. The van der Waals surface area contributed by atoms with Crippen LogP contribution in [0.15, 0.2) is 40.4 Å². The molecule has 5 nitrogen and oxygen atoms in total. The van der Waals surface area contributed by atoms with Crippen molar-refractivity contribution in [2.75, 3.05) is 14.2 Å². The van der Waals surface area contributed by atoms with Gasteiger partial charge in [0.25, 0.3) is 0 Å². The molecule has 0 saturated heterocycles. The van der Waals surface area contributed by atoms with Crippen LogP contribution in [0, 0.1) is 6.92 Å². The molecular weight excluding hydrogens is 382 g/mol. The Bertz CT molecular complexity index is 995. The summed E-state index contributed by atoms with van der Waals surface area (Å²) in [5.74, 6) is 1.38. The maximum absolute atomic E-state index is 6.30. The lowest BCUT2D eigenvalue weighted by Gasteiger charge is -2.12. The van der Waals surface area contributed by atoms with Crippen LogP contribution in [-0.4, -0.2) is 30.9 Å². The molecule has 140 valence electrons. The average Bonchev–Trinajstić information content (AvgIpc) is 2.65. The van der Waals surface area contributed by atoms with Gasteiger partial charge in [-0.2, -0.15) is 0 Å². The molecule has 0 amide bonds. The van der Waals surface area contributed by atoms with Crippen molar-refractivity contribution in [3.8, 4) is 5.75 Å². The summed E-state index contributed by atoms with van der Waals surface area (Å²) < 4.78 is 10.5. The highest BCUT2D eigenvalue weighted by Crippen LogP contribution is 2.40. The second-order valence-corrected chi connectivity index (χ2v) is 7.41. The van der Waals surface area contributed by atoms with Crippen LogP contribution in [0.5, 0.6) is 5.75 Å². The first kappa shape index (κ1) is 19.6. The second kappa shape index (κ2) is 8.69. The summed E-state index contributed by atoms with van der Waals surface area (Å²) in [6.07, 6.45) is 1.76. The fourth-order valence-corrected chi connectivity index (χ4v) is 4.17. The van der Waals surface area contributed by atoms with Crippen LogP contribution in [0.2, 0.25) is 5.02 Å². The van der Waals surface area contributed by atoms with Gasteiger partial charge in [0.05, 0.1) is 47.4 Å². The third-order valence-electron chi connectivity index (χ3n) is 3.99. The van der Waals surface area contributed by atoms with Crippen molar-refractivity contribution < 1.29 is 9.47 Å². The van der Waals surface area contributed by atoms with Gasteiger partial charge in [-0.3, -0.25) is 9.98 Å². The van der Waals surface area contributed by atoms with E-state index in [1.165, 1.54) is 0 Å². The fourth-order valence-electron chi connectivity index (χ4n) is 2.80. The summed E-state index contributed by atoms with van der Waals surface area (Å²) in [5, 5.41) is 0.518. The zero-order valence-corrected chi connectivity index (χ0v) is 17.0. The maximum atomic E-state index is 6.30. The van der Waals surface area contributed by atoms with Crippen molar-refractivity contribution in [2.45, 2.75) is 24.2 Å². The number of benzene rings is 2. The molecule has 0 radical (unpaired) electrons. The summed E-state index contributed by atoms with van der Waals surface area (Å²) >= 11 is 7.92. The molecule has 0 bridgehead atoms. The highest BCUT2D eigenvalue weighted by atomic mass is 35.5. The zero-order chi connectivity index (χ0) is 19.4. The Balaban J connectivity index is 1.96. The molecule has 0 fully saturated rings. The van der Waals surface area contributed by atoms with Crippen molar-refractivity contribution in [3.05, 3.63) is 52.3 Å². The van der Waals surface area contributed by atoms with E-state index in [0.29, 0.717) is 28.8 Å². The quantitative estimate of drug-likeness (QED) is 0.393. The van der Waals surface area contributed by atoms with E-state index in [9.17, 15) is 0 Å². The Morgan fingerprint density at radius 1 is 1.22 bits per heavy atom. The zero-order valence-electron chi connectivity index (χ0n) is 15.5. The first-order valence-corrected chi connectivity index (χ1v) is 9.63. The number of fused-ring (bicyclic) bond motifs is 1. The van der Waals surface area contributed by atoms with Gasteiger partial charge in [-0.05, 0) is 36.9 Å². The topological polar surface area (TPSA) is 56.6 Å². The standard InChI is InChI=1S/C20H20ClN3O2S/c1-12-5-13(19-17(6-12)24-14(9-23-19)10-25-3)11-27-18-8-15(26-4)7-16(21)20(18)22-2/h5-9H,2,10-11H2,1,3-4H3. The number of nitrogens with zero attached hydrogens (tertiary/aromatic N) is 3. The maximum Gasteiger partial charge on any atom is 0.121 e. The number of rotatable bonds is 7. The molecule has 1 aromatic heterocycles. The van der Waals surface area contributed by atoms with Crippen molar-refractivity contribution in [1.29, 1.82) is 0 Å². The average molecular weight is 402 g/mol. The molecule has 0 unspecified atom stereocenters. The van der Waals surface area contributed by atoms with E-state index in [2.05, 4.69) is 34.7 Å². The molecule has 0 aliphatic carbocycles. The van der Waals surface area contributed by atoms with Crippen LogP contribution in [0.1, 0.15) is 16.8 Å². The highest BCUT2D eigenvalue weighted by Gasteiger charge is 2.12. The predicted octanol–water partition coefficient (Wildman–Crippen LogP) is 5.37. The number of halogens is 1. The van der Waals surface area contributed by atoms with E-state index in [-0.39, 0.29) is 0 Å². The van der Waals surface area contributed by atoms with E-state index < -0.39 is 0 Å². The lowest BCUT2D eigenvalue weighted by atomic mass is 10.1. The number of hydrogen-bond acceptors (Lipinski definition) is 6. The molecule has 3 aromatic rings. The molecule has 27 heavy (non-hydrogen) atoms. The molecule has 1 heterocycles. The fraction of sp³-hybridized carbons (Fsp3) is 0.250. The summed E-state index contributed by atoms with van der Waals surface area (Å²) in [4.78, 5) is 14.2. The molecule has 0 saturated carbocycles. The molecule has 0 aliphatic heterocycles. The minimum absolute atomic E-state index is 0.442. The van der Waals surface area contributed by atoms with Gasteiger partial charge in [0.15, 0.2) is 0 Å². The van der Waals surface area contributed by atoms with Crippen LogP contribution in [0.4, 0.5) is 5.69 Å². The summed E-state index contributed by atoms with van der Waals surface area (Å²) in [7, 11) is 3.26. The Hall–Kier alpha value is -2.15. The van der Waals surface area contributed by atoms with Gasteiger partial charge in [0.2, 0.25) is 0 Å². The van der Waals surface area contributed by atoms with Gasteiger partial charge in [-0.1, -0.05) is 17.7 Å². The third kappa shape index (κ3) is 4.40. The molecule has 7 heteroatoms. The number of ether oxygens (including phenoxy) is 2. The Kier molecular flexibility index (Phi) is 6.31. The normalized spacial score (nSPS) is 11.0. The van der Waals surface area contributed by atoms with E-state index in [4.69, 9.17) is 21.1 Å². The number of aliphatic imine (C=N–C) groups is 1. The molecule has 0 atom stereocenters. The lowest BCUT2D eigenvalue weighted by Crippen LogP contribution is -1.98. The Labute approximate surface area is 167 Å². The Morgan fingerprint density at radius 3 is 2.74 bits per heavy atom. The SMILES string of the molecule is C=Nc1c(Cl)cc(OC)cc1SCc1cc(C)cc2nc(COC)cnc12. The van der Waals surface area contributed by atoms with Gasteiger partial charge in [0, 0.05) is 23.8 Å². The summed E-state index contributed by atoms with van der Waals surface area (Å²) in [6.45, 7) is 6.13. The first-order chi connectivity index (χ1) is 13.0. The number of methoxy groups -OCH3 is 2. The lowest BCUT2D eigenvalue weighted by molar-refractivity contribution is 0.181. The number of aryl methyl sites for hydroxylation is 1. The monoisotopic (exact) mass is 401 g/mol. The smallest absolute Gasteiger partial charge is 0.121 e. The number of hydrogen-bond donors (Lipinski definition) is 0. The van der Waals surface area contributed by atoms with Gasteiger partial charge in [0.1, 0.15) is 5.75 Å². The van der Waals surface area contributed by atoms with Crippen LogP contribution in [0.25, 0.3) is 11.0 Å². The number of thioether (sulfide) groups is 1. The van der Waals surface area contributed by atoms with Gasteiger partial charge in [-0.15, -0.1) is 11.8 Å². The molecule has 3 rings (SSSR count). The van der Waals surface area contributed by atoms with E-state index in [1.54, 1.807) is 38.2 Å². The van der Waals surface area contributed by atoms with Crippen molar-refractivity contribution in [1.82, 2.24) is 9.97 Å². The largest absolute Gasteiger partial charge is 0.497 e. The molecule has 0 aliphatic rings. The Morgan fingerprint density at radius 2 is 2.04 bits per heavy atom. The molecular formula is C20H20ClN3O2S. The van der Waals surface area contributed by atoms with Crippen LogP contribution in [0.3, 0.4) is 0 Å². The van der Waals surface area contributed by atoms with Crippen LogP contribution < -0.4 is 4.74 Å². The second-order valence-electron chi connectivity index (χ2n) is 5.99. The highest BCUT2D eigenvalue weighted by molar-refractivity contribution is 7.98. The summed E-state index contributed by atoms with van der Waals surface area (Å²) in [6, 6.07) is 7.82. The molecule has 0 N–H and O–H groups in total. The van der Waals surface area contributed by atoms with Crippen molar-refractivity contribution >= 4 is 46.8 Å². The van der Waals surface area contributed by atoms with Gasteiger partial charge in [-0.25, -0.2) is 4.98 Å². The van der Waals surface area contributed by atoms with Crippen molar-refractivity contribution in [2.24, 2.45) is 4.99 Å². The minimum atomic E-state index is 0.442.